The van der Waals surface area contributed by atoms with Gasteiger partial charge in [-0.2, -0.15) is 0 Å². The van der Waals surface area contributed by atoms with E-state index in [9.17, 15) is 14.9 Å². The molecule has 0 rings (SSSR count). The molecular formula is C18H28NO3. The van der Waals surface area contributed by atoms with Crippen molar-refractivity contribution in [3.63, 3.8) is 0 Å². The molecule has 0 amide bonds. The molecule has 0 spiro atoms. The number of unbranched alkanes of at least 4 members (excludes halogenated alkanes) is 5. The van der Waals surface area contributed by atoms with Crippen LogP contribution in [0.1, 0.15) is 64.7 Å². The molecule has 123 valence electrons. The number of rotatable bonds is 14. The molecule has 1 atom stereocenters. The van der Waals surface area contributed by atoms with E-state index in [4.69, 9.17) is 0 Å². The van der Waals surface area contributed by atoms with Gasteiger partial charge in [0.2, 0.25) is 6.04 Å². The van der Waals surface area contributed by atoms with E-state index in [1.807, 2.05) is 18.4 Å². The van der Waals surface area contributed by atoms with Crippen LogP contribution in [0.2, 0.25) is 0 Å². The number of nitro groups is 1. The van der Waals surface area contributed by atoms with E-state index >= 15 is 0 Å². The molecule has 0 N–H and O–H groups in total. The molecule has 0 heterocycles. The van der Waals surface area contributed by atoms with Crippen LogP contribution in [-0.2, 0) is 4.79 Å². The van der Waals surface area contributed by atoms with E-state index in [-0.39, 0.29) is 4.92 Å². The Balaban J connectivity index is 3.91. The zero-order valence-corrected chi connectivity index (χ0v) is 13.6. The molecule has 0 aliphatic heterocycles. The zero-order valence-electron chi connectivity index (χ0n) is 13.6. The Morgan fingerprint density at radius 1 is 1.05 bits per heavy atom. The molecule has 1 radical (unpaired) electrons. The lowest BCUT2D eigenvalue weighted by atomic mass is 10.1. The summed E-state index contributed by atoms with van der Waals surface area (Å²) in [6.45, 7) is 2.19. The van der Waals surface area contributed by atoms with Crippen LogP contribution in [-0.4, -0.2) is 17.3 Å². The Bertz CT molecular complexity index is 373. The molecule has 22 heavy (non-hydrogen) atoms. The van der Waals surface area contributed by atoms with Crippen LogP contribution in [0.3, 0.4) is 0 Å². The van der Waals surface area contributed by atoms with Crippen molar-refractivity contribution in [2.45, 2.75) is 70.8 Å². The maximum Gasteiger partial charge on any atom is 0.234 e. The van der Waals surface area contributed by atoms with Crippen LogP contribution < -0.4 is 0 Å². The largest absolute Gasteiger partial charge is 0.291 e. The maximum absolute atomic E-state index is 10.9. The van der Waals surface area contributed by atoms with Gasteiger partial charge in [-0.15, -0.1) is 0 Å². The van der Waals surface area contributed by atoms with Crippen molar-refractivity contribution in [2.24, 2.45) is 0 Å². The number of carbonyl (C=O) groups excluding carboxylic acids is 1. The van der Waals surface area contributed by atoms with Gasteiger partial charge in [0.05, 0.1) is 0 Å². The van der Waals surface area contributed by atoms with Crippen LogP contribution in [0.15, 0.2) is 36.5 Å². The average molecular weight is 306 g/mol. The maximum atomic E-state index is 10.9. The summed E-state index contributed by atoms with van der Waals surface area (Å²) in [7, 11) is 0. The number of nitrogens with zero attached hydrogens (tertiary/aromatic N) is 1. The smallest absolute Gasteiger partial charge is 0.234 e. The first-order valence-corrected chi connectivity index (χ1v) is 8.17. The molecule has 0 aromatic carbocycles. The van der Waals surface area contributed by atoms with Gasteiger partial charge in [-0.1, -0.05) is 50.1 Å². The average Bonchev–Trinajstić information content (AvgIpc) is 2.50. The second-order valence-electron chi connectivity index (χ2n) is 5.23. The van der Waals surface area contributed by atoms with Gasteiger partial charge in [0.1, 0.15) is 0 Å². The molecular weight excluding hydrogens is 278 g/mol. The Hall–Kier alpha value is -1.71. The van der Waals surface area contributed by atoms with E-state index < -0.39 is 6.04 Å². The van der Waals surface area contributed by atoms with Crippen molar-refractivity contribution < 1.29 is 9.72 Å². The SMILES string of the molecule is CCCCC/C=C/C/C=C/CC(/C=C/CCC[C]=O)[N+](=O)[O-]. The molecule has 1 unspecified atom stereocenters. The van der Waals surface area contributed by atoms with E-state index in [0.29, 0.717) is 25.7 Å². The molecule has 0 bridgehead atoms. The summed E-state index contributed by atoms with van der Waals surface area (Å²) in [5.74, 6) is 0. The van der Waals surface area contributed by atoms with E-state index in [1.54, 1.807) is 12.2 Å². The highest BCUT2D eigenvalue weighted by Gasteiger charge is 2.12. The Morgan fingerprint density at radius 3 is 2.45 bits per heavy atom. The lowest BCUT2D eigenvalue weighted by Crippen LogP contribution is -2.15. The number of hydrogen-bond donors (Lipinski definition) is 0. The summed E-state index contributed by atoms with van der Waals surface area (Å²) < 4.78 is 0. The van der Waals surface area contributed by atoms with Gasteiger partial charge in [0.25, 0.3) is 0 Å². The lowest BCUT2D eigenvalue weighted by Gasteiger charge is -2.00. The van der Waals surface area contributed by atoms with Gasteiger partial charge in [-0.25, -0.2) is 0 Å². The fourth-order valence-electron chi connectivity index (χ4n) is 1.92. The Morgan fingerprint density at radius 2 is 1.77 bits per heavy atom. The molecule has 0 saturated heterocycles. The van der Waals surface area contributed by atoms with Crippen LogP contribution in [0.4, 0.5) is 0 Å². The van der Waals surface area contributed by atoms with Gasteiger partial charge in [-0.3, -0.25) is 14.9 Å². The molecule has 4 nitrogen and oxygen atoms in total. The van der Waals surface area contributed by atoms with Gasteiger partial charge in [0, 0.05) is 17.8 Å². The quantitative estimate of drug-likeness (QED) is 0.198. The standard InChI is InChI=1S/C18H28NO3/c1-2-3-4-5-6-7-8-9-12-15-18(19(21)22)16-13-10-11-14-17-20/h6-7,9,12-13,16,18H,2-5,8,10-11,14-15H2,1H3/b7-6+,12-9+,16-13+. The van der Waals surface area contributed by atoms with Crippen LogP contribution in [0.25, 0.3) is 0 Å². The normalized spacial score (nSPS) is 13.3. The second kappa shape index (κ2) is 15.7. The highest BCUT2D eigenvalue weighted by molar-refractivity contribution is 5.50. The first kappa shape index (κ1) is 20.3. The molecule has 0 fully saturated rings. The van der Waals surface area contributed by atoms with Crippen LogP contribution >= 0.6 is 0 Å². The third-order valence-electron chi connectivity index (χ3n) is 3.24. The summed E-state index contributed by atoms with van der Waals surface area (Å²) in [6.07, 6.45) is 21.2. The summed E-state index contributed by atoms with van der Waals surface area (Å²) in [5.41, 5.74) is 0. The number of hydrogen-bond acceptors (Lipinski definition) is 3. The van der Waals surface area contributed by atoms with Crippen molar-refractivity contribution in [3.05, 3.63) is 46.6 Å². The fraction of sp³-hybridized carbons (Fsp3) is 0.611. The third kappa shape index (κ3) is 13.3. The Labute approximate surface area is 134 Å². The van der Waals surface area contributed by atoms with Crippen molar-refractivity contribution in [2.75, 3.05) is 0 Å². The first-order valence-electron chi connectivity index (χ1n) is 8.17. The monoisotopic (exact) mass is 306 g/mol. The van der Waals surface area contributed by atoms with Crippen LogP contribution in [0.5, 0.6) is 0 Å². The lowest BCUT2D eigenvalue weighted by molar-refractivity contribution is -0.508. The zero-order chi connectivity index (χ0) is 16.5. The molecule has 0 aromatic rings. The van der Waals surface area contributed by atoms with Crippen LogP contribution in [0, 0.1) is 10.1 Å². The van der Waals surface area contributed by atoms with E-state index in [1.165, 1.54) is 19.3 Å². The Kier molecular flexibility index (Phi) is 14.5. The first-order chi connectivity index (χ1) is 10.7. The highest BCUT2D eigenvalue weighted by Crippen LogP contribution is 2.05. The molecule has 4 heteroatoms. The summed E-state index contributed by atoms with van der Waals surface area (Å²) >= 11 is 0. The summed E-state index contributed by atoms with van der Waals surface area (Å²) in [6, 6.07) is -0.676. The predicted octanol–water partition coefficient (Wildman–Crippen LogP) is 4.94. The van der Waals surface area contributed by atoms with Crippen molar-refractivity contribution in [1.82, 2.24) is 0 Å². The molecule has 0 aliphatic carbocycles. The number of allylic oxidation sites excluding steroid dienone is 4. The van der Waals surface area contributed by atoms with Gasteiger partial charge >= 0.3 is 0 Å². The van der Waals surface area contributed by atoms with E-state index in [0.717, 1.165) is 12.8 Å². The minimum absolute atomic E-state index is 0.271. The third-order valence-corrected chi connectivity index (χ3v) is 3.24. The van der Waals surface area contributed by atoms with E-state index in [2.05, 4.69) is 19.1 Å². The van der Waals surface area contributed by atoms with Crippen molar-refractivity contribution in [1.29, 1.82) is 0 Å². The predicted molar refractivity (Wildman–Crippen MR) is 91.1 cm³/mol. The highest BCUT2D eigenvalue weighted by atomic mass is 16.6. The van der Waals surface area contributed by atoms with Crippen molar-refractivity contribution in [3.8, 4) is 0 Å². The second-order valence-corrected chi connectivity index (χ2v) is 5.23. The van der Waals surface area contributed by atoms with Gasteiger partial charge in [0.15, 0.2) is 6.29 Å². The summed E-state index contributed by atoms with van der Waals surface area (Å²) in [4.78, 5) is 20.7. The molecule has 0 aliphatic rings. The summed E-state index contributed by atoms with van der Waals surface area (Å²) in [5, 5.41) is 10.9. The topological polar surface area (TPSA) is 60.2 Å². The molecule has 0 saturated carbocycles. The van der Waals surface area contributed by atoms with Gasteiger partial charge < -0.3 is 0 Å². The molecule has 0 aromatic heterocycles. The fourth-order valence-corrected chi connectivity index (χ4v) is 1.92. The van der Waals surface area contributed by atoms with Gasteiger partial charge in [-0.05, 0) is 38.2 Å². The minimum Gasteiger partial charge on any atom is -0.291 e. The minimum atomic E-state index is -0.676. The van der Waals surface area contributed by atoms with Crippen molar-refractivity contribution >= 4 is 6.29 Å².